The number of nitrogens with two attached hydrogens (primary N) is 1. The van der Waals surface area contributed by atoms with Crippen LogP contribution in [0.4, 0.5) is 8.78 Å². The van der Waals surface area contributed by atoms with Gasteiger partial charge in [-0.15, -0.1) is 0 Å². The fraction of sp³-hybridized carbons (Fsp3) is 1.00. The van der Waals surface area contributed by atoms with Crippen molar-refractivity contribution in [3.8, 4) is 0 Å². The van der Waals surface area contributed by atoms with Crippen molar-refractivity contribution in [2.24, 2.45) is 17.6 Å². The summed E-state index contributed by atoms with van der Waals surface area (Å²) in [4.78, 5) is 0. The van der Waals surface area contributed by atoms with Crippen LogP contribution in [0.3, 0.4) is 0 Å². The van der Waals surface area contributed by atoms with E-state index in [2.05, 4.69) is 0 Å². The summed E-state index contributed by atoms with van der Waals surface area (Å²) >= 11 is 2.01. The Bertz CT molecular complexity index is 345. The van der Waals surface area contributed by atoms with Crippen LogP contribution < -0.4 is 5.73 Å². The molecule has 3 rings (SSSR count). The SMILES string of the molecule is NC(C1CCC(F)(F)CC1)C1CCOC2(CCSCC2)C1. The van der Waals surface area contributed by atoms with Crippen LogP contribution in [-0.2, 0) is 4.74 Å². The van der Waals surface area contributed by atoms with Gasteiger partial charge in [0.1, 0.15) is 0 Å². The second kappa shape index (κ2) is 6.32. The van der Waals surface area contributed by atoms with Crippen LogP contribution in [0.2, 0.25) is 0 Å². The second-order valence-corrected chi connectivity index (χ2v) is 8.39. The van der Waals surface area contributed by atoms with E-state index in [0.29, 0.717) is 18.8 Å². The maximum atomic E-state index is 13.3. The number of hydrogen-bond donors (Lipinski definition) is 1. The highest BCUT2D eigenvalue weighted by Gasteiger charge is 2.43. The van der Waals surface area contributed by atoms with E-state index in [1.807, 2.05) is 11.8 Å². The summed E-state index contributed by atoms with van der Waals surface area (Å²) in [5.74, 6) is 0.643. The van der Waals surface area contributed by atoms with E-state index in [1.54, 1.807) is 0 Å². The number of ether oxygens (including phenoxy) is 1. The highest BCUT2D eigenvalue weighted by molar-refractivity contribution is 7.99. The molecule has 1 saturated carbocycles. The molecule has 122 valence electrons. The molecule has 0 aromatic carbocycles. The van der Waals surface area contributed by atoms with E-state index in [0.717, 1.165) is 32.3 Å². The summed E-state index contributed by atoms with van der Waals surface area (Å²) in [6.45, 7) is 0.798. The van der Waals surface area contributed by atoms with Crippen LogP contribution in [0.15, 0.2) is 0 Å². The predicted octanol–water partition coefficient (Wildman–Crippen LogP) is 3.83. The number of alkyl halides is 2. The number of hydrogen-bond acceptors (Lipinski definition) is 3. The minimum atomic E-state index is -2.45. The number of thioether (sulfide) groups is 1. The van der Waals surface area contributed by atoms with Crippen molar-refractivity contribution in [1.82, 2.24) is 0 Å². The van der Waals surface area contributed by atoms with Crippen LogP contribution >= 0.6 is 11.8 Å². The van der Waals surface area contributed by atoms with E-state index in [1.165, 1.54) is 11.5 Å². The molecular weight excluding hydrogens is 292 g/mol. The molecule has 2 aliphatic heterocycles. The van der Waals surface area contributed by atoms with Crippen molar-refractivity contribution in [2.45, 2.75) is 68.9 Å². The molecule has 0 bridgehead atoms. The average Bonchev–Trinajstić information content (AvgIpc) is 2.47. The first kappa shape index (κ1) is 16.0. The summed E-state index contributed by atoms with van der Waals surface area (Å²) in [6.07, 6.45) is 5.54. The van der Waals surface area contributed by atoms with Gasteiger partial charge in [0.05, 0.1) is 5.60 Å². The lowest BCUT2D eigenvalue weighted by Gasteiger charge is -2.46. The van der Waals surface area contributed by atoms with E-state index >= 15 is 0 Å². The molecule has 3 aliphatic rings. The van der Waals surface area contributed by atoms with Crippen LogP contribution in [0.25, 0.3) is 0 Å². The highest BCUT2D eigenvalue weighted by atomic mass is 32.2. The summed E-state index contributed by atoms with van der Waals surface area (Å²) < 4.78 is 32.7. The Labute approximate surface area is 130 Å². The Morgan fingerprint density at radius 3 is 2.33 bits per heavy atom. The molecule has 2 unspecified atom stereocenters. The maximum absolute atomic E-state index is 13.3. The molecule has 1 aliphatic carbocycles. The topological polar surface area (TPSA) is 35.2 Å². The van der Waals surface area contributed by atoms with Gasteiger partial charge >= 0.3 is 0 Å². The van der Waals surface area contributed by atoms with Crippen molar-refractivity contribution >= 4 is 11.8 Å². The molecule has 2 N–H and O–H groups in total. The molecule has 2 saturated heterocycles. The molecule has 0 radical (unpaired) electrons. The zero-order valence-corrected chi connectivity index (χ0v) is 13.5. The van der Waals surface area contributed by atoms with Crippen LogP contribution in [0.1, 0.15) is 51.4 Å². The van der Waals surface area contributed by atoms with Crippen molar-refractivity contribution in [2.75, 3.05) is 18.1 Å². The largest absolute Gasteiger partial charge is 0.375 e. The van der Waals surface area contributed by atoms with Gasteiger partial charge in [-0.2, -0.15) is 11.8 Å². The van der Waals surface area contributed by atoms with Crippen molar-refractivity contribution in [1.29, 1.82) is 0 Å². The maximum Gasteiger partial charge on any atom is 0.248 e. The summed E-state index contributed by atoms with van der Waals surface area (Å²) in [5, 5.41) is 0. The molecule has 3 fully saturated rings. The van der Waals surface area contributed by atoms with Gasteiger partial charge in [0.2, 0.25) is 5.92 Å². The molecular formula is C16H27F2NOS. The molecule has 1 spiro atoms. The van der Waals surface area contributed by atoms with Crippen LogP contribution in [0, 0.1) is 11.8 Å². The molecule has 2 atom stereocenters. The lowest BCUT2D eigenvalue weighted by atomic mass is 9.72. The van der Waals surface area contributed by atoms with E-state index in [4.69, 9.17) is 10.5 Å². The van der Waals surface area contributed by atoms with Crippen molar-refractivity contribution in [3.63, 3.8) is 0 Å². The van der Waals surface area contributed by atoms with Gasteiger partial charge in [-0.1, -0.05) is 0 Å². The van der Waals surface area contributed by atoms with E-state index < -0.39 is 5.92 Å². The summed E-state index contributed by atoms with van der Waals surface area (Å²) in [6, 6.07) is 0.0801. The average molecular weight is 319 g/mol. The molecule has 0 aromatic heterocycles. The molecule has 5 heteroatoms. The van der Waals surface area contributed by atoms with E-state index in [-0.39, 0.29) is 30.4 Å². The number of rotatable bonds is 2. The van der Waals surface area contributed by atoms with Gasteiger partial charge < -0.3 is 10.5 Å². The Kier molecular flexibility index (Phi) is 4.82. The lowest BCUT2D eigenvalue weighted by molar-refractivity contribution is -0.111. The zero-order chi connectivity index (χ0) is 14.9. The fourth-order valence-electron chi connectivity index (χ4n) is 4.32. The van der Waals surface area contributed by atoms with Gasteiger partial charge in [0.25, 0.3) is 0 Å². The van der Waals surface area contributed by atoms with Crippen molar-refractivity contribution < 1.29 is 13.5 Å². The zero-order valence-electron chi connectivity index (χ0n) is 12.7. The van der Waals surface area contributed by atoms with Gasteiger partial charge in [-0.3, -0.25) is 0 Å². The highest BCUT2D eigenvalue weighted by Crippen LogP contribution is 2.44. The fourth-order valence-corrected chi connectivity index (χ4v) is 5.56. The first-order valence-electron chi connectivity index (χ1n) is 8.35. The minimum absolute atomic E-state index is 0.0242. The molecule has 0 amide bonds. The normalized spacial score (nSPS) is 34.7. The number of halogens is 2. The smallest absolute Gasteiger partial charge is 0.248 e. The summed E-state index contributed by atoms with van der Waals surface area (Å²) in [5.41, 5.74) is 6.54. The Morgan fingerprint density at radius 1 is 1.00 bits per heavy atom. The molecule has 2 nitrogen and oxygen atoms in total. The van der Waals surface area contributed by atoms with Gasteiger partial charge in [0, 0.05) is 25.5 Å². The van der Waals surface area contributed by atoms with Gasteiger partial charge in [-0.05, 0) is 61.9 Å². The third-order valence-electron chi connectivity index (χ3n) is 5.79. The second-order valence-electron chi connectivity index (χ2n) is 7.17. The van der Waals surface area contributed by atoms with Crippen LogP contribution in [-0.4, -0.2) is 35.7 Å². The Hall–Kier alpha value is 0.130. The Morgan fingerprint density at radius 2 is 1.67 bits per heavy atom. The van der Waals surface area contributed by atoms with Gasteiger partial charge in [-0.25, -0.2) is 8.78 Å². The third kappa shape index (κ3) is 3.73. The quantitative estimate of drug-likeness (QED) is 0.840. The lowest BCUT2D eigenvalue weighted by Crippen LogP contribution is -2.50. The Balaban J connectivity index is 1.58. The third-order valence-corrected chi connectivity index (χ3v) is 6.77. The minimum Gasteiger partial charge on any atom is -0.375 e. The van der Waals surface area contributed by atoms with Crippen molar-refractivity contribution in [3.05, 3.63) is 0 Å². The van der Waals surface area contributed by atoms with E-state index in [9.17, 15) is 8.78 Å². The first-order valence-corrected chi connectivity index (χ1v) is 9.50. The van der Waals surface area contributed by atoms with Crippen LogP contribution in [0.5, 0.6) is 0 Å². The van der Waals surface area contributed by atoms with Gasteiger partial charge in [0.15, 0.2) is 0 Å². The molecule has 2 heterocycles. The predicted molar refractivity (Wildman–Crippen MR) is 82.8 cm³/mol. The molecule has 21 heavy (non-hydrogen) atoms. The monoisotopic (exact) mass is 319 g/mol. The first-order chi connectivity index (χ1) is 10.00. The summed E-state index contributed by atoms with van der Waals surface area (Å²) in [7, 11) is 0. The standard InChI is InChI=1S/C16H27F2NOS/c17-16(18)4-1-12(2-5-16)14(19)13-3-8-20-15(11-13)6-9-21-10-7-15/h12-14H,1-11,19H2. The molecule has 0 aromatic rings.